The second-order valence-corrected chi connectivity index (χ2v) is 8.24. The summed E-state index contributed by atoms with van der Waals surface area (Å²) >= 11 is 6.19. The van der Waals surface area contributed by atoms with Gasteiger partial charge in [0.15, 0.2) is 0 Å². The van der Waals surface area contributed by atoms with Crippen LogP contribution in [0.1, 0.15) is 16.7 Å². The van der Waals surface area contributed by atoms with Crippen molar-refractivity contribution < 1.29 is 4.79 Å². The smallest absolute Gasteiger partial charge is 0.320 e. The molecule has 0 aliphatic heterocycles. The Labute approximate surface area is 191 Å². The van der Waals surface area contributed by atoms with Crippen molar-refractivity contribution in [1.82, 2.24) is 9.88 Å². The molecule has 0 saturated heterocycles. The van der Waals surface area contributed by atoms with Crippen molar-refractivity contribution in [1.29, 1.82) is 0 Å². The van der Waals surface area contributed by atoms with E-state index >= 15 is 0 Å². The number of carbonyl (C=O) groups is 1. The van der Waals surface area contributed by atoms with E-state index in [1.54, 1.807) is 13.1 Å². The third-order valence-corrected chi connectivity index (χ3v) is 6.07. The Hall–Kier alpha value is -3.57. The maximum atomic E-state index is 13.2. The molecule has 2 amide bonds. The van der Waals surface area contributed by atoms with Crippen molar-refractivity contribution in [2.24, 2.45) is 7.05 Å². The van der Waals surface area contributed by atoms with E-state index in [2.05, 4.69) is 10.6 Å². The minimum atomic E-state index is -0.416. The number of pyridine rings is 1. The van der Waals surface area contributed by atoms with Gasteiger partial charge < -0.3 is 5.32 Å². The number of amides is 2. The fourth-order valence-electron chi connectivity index (χ4n) is 3.79. The van der Waals surface area contributed by atoms with E-state index in [0.717, 1.165) is 33.2 Å². The number of anilines is 1. The lowest BCUT2D eigenvalue weighted by Gasteiger charge is -2.19. The van der Waals surface area contributed by atoms with Gasteiger partial charge >= 0.3 is 6.03 Å². The molecule has 1 heterocycles. The summed E-state index contributed by atoms with van der Waals surface area (Å²) in [5.41, 5.74) is 4.50. The zero-order chi connectivity index (χ0) is 22.8. The van der Waals surface area contributed by atoms with Gasteiger partial charge in [-0.05, 0) is 53.6 Å². The van der Waals surface area contributed by atoms with Crippen LogP contribution >= 0.6 is 11.6 Å². The molecule has 1 aromatic heterocycles. The van der Waals surface area contributed by atoms with E-state index in [1.165, 1.54) is 4.57 Å². The number of nitrogens with one attached hydrogen (secondary N) is 2. The highest BCUT2D eigenvalue weighted by Crippen LogP contribution is 2.34. The molecule has 32 heavy (non-hydrogen) atoms. The van der Waals surface area contributed by atoms with E-state index in [-0.39, 0.29) is 12.1 Å². The van der Waals surface area contributed by atoms with Crippen molar-refractivity contribution in [3.05, 3.63) is 98.8 Å². The van der Waals surface area contributed by atoms with Crippen LogP contribution in [0.2, 0.25) is 5.02 Å². The molecule has 162 valence electrons. The number of nitrogens with zero attached hydrogens (tertiary/aromatic N) is 1. The van der Waals surface area contributed by atoms with Gasteiger partial charge in [-0.1, -0.05) is 66.2 Å². The fraction of sp³-hybridized carbons (Fsp3) is 0.154. The molecule has 6 heteroatoms. The highest BCUT2D eigenvalue weighted by atomic mass is 35.5. The number of aromatic nitrogens is 1. The molecular weight excluding hydrogens is 422 g/mol. The Morgan fingerprint density at radius 3 is 2.25 bits per heavy atom. The number of halogens is 1. The van der Waals surface area contributed by atoms with Crippen LogP contribution < -0.4 is 16.2 Å². The van der Waals surface area contributed by atoms with Crippen LogP contribution in [0.4, 0.5) is 10.6 Å². The Balaban J connectivity index is 1.80. The SMILES string of the molecule is Cc1cc2c(-c3ccccc3)c(NC(=O)NCc3ccccc3Cl)n(C)c(=O)c2cc1C. The van der Waals surface area contributed by atoms with Crippen LogP contribution in [0.5, 0.6) is 0 Å². The van der Waals surface area contributed by atoms with Crippen LogP contribution in [-0.4, -0.2) is 10.6 Å². The van der Waals surface area contributed by atoms with Crippen LogP contribution in [0.3, 0.4) is 0 Å². The van der Waals surface area contributed by atoms with Gasteiger partial charge in [0.1, 0.15) is 5.82 Å². The molecule has 2 N–H and O–H groups in total. The summed E-state index contributed by atoms with van der Waals surface area (Å²) < 4.78 is 1.49. The number of urea groups is 1. The van der Waals surface area contributed by atoms with Gasteiger partial charge in [-0.2, -0.15) is 0 Å². The maximum Gasteiger partial charge on any atom is 0.320 e. The molecule has 3 aromatic carbocycles. The summed E-state index contributed by atoms with van der Waals surface area (Å²) in [7, 11) is 1.67. The molecule has 0 unspecified atom stereocenters. The first-order chi connectivity index (χ1) is 15.4. The molecule has 4 rings (SSSR count). The van der Waals surface area contributed by atoms with Gasteiger partial charge in [-0.15, -0.1) is 0 Å². The third-order valence-electron chi connectivity index (χ3n) is 5.70. The molecule has 4 aromatic rings. The zero-order valence-electron chi connectivity index (χ0n) is 18.2. The number of hydrogen-bond donors (Lipinski definition) is 2. The van der Waals surface area contributed by atoms with Crippen LogP contribution in [0, 0.1) is 13.8 Å². The van der Waals surface area contributed by atoms with E-state index < -0.39 is 6.03 Å². The molecule has 0 aliphatic carbocycles. The van der Waals surface area contributed by atoms with E-state index in [4.69, 9.17) is 11.6 Å². The lowest BCUT2D eigenvalue weighted by molar-refractivity contribution is 0.251. The van der Waals surface area contributed by atoms with Gasteiger partial charge in [-0.25, -0.2) is 4.79 Å². The highest BCUT2D eigenvalue weighted by molar-refractivity contribution is 6.31. The van der Waals surface area contributed by atoms with Gasteiger partial charge in [0.2, 0.25) is 0 Å². The van der Waals surface area contributed by atoms with Gasteiger partial charge in [0.05, 0.1) is 0 Å². The van der Waals surface area contributed by atoms with Crippen molar-refractivity contribution in [2.75, 3.05) is 5.32 Å². The zero-order valence-corrected chi connectivity index (χ0v) is 19.0. The van der Waals surface area contributed by atoms with Gasteiger partial charge in [0, 0.05) is 29.6 Å². The fourth-order valence-corrected chi connectivity index (χ4v) is 3.99. The number of benzene rings is 3. The summed E-state index contributed by atoms with van der Waals surface area (Å²) in [4.78, 5) is 26.0. The maximum absolute atomic E-state index is 13.2. The Bertz CT molecular complexity index is 1380. The lowest BCUT2D eigenvalue weighted by Crippen LogP contribution is -2.32. The molecule has 0 aliphatic rings. The van der Waals surface area contributed by atoms with E-state index in [0.29, 0.717) is 16.2 Å². The minimum absolute atomic E-state index is 0.163. The second kappa shape index (κ2) is 8.89. The average molecular weight is 446 g/mol. The van der Waals surface area contributed by atoms with Crippen LogP contribution in [0.15, 0.2) is 71.5 Å². The summed E-state index contributed by atoms with van der Waals surface area (Å²) in [5, 5.41) is 7.75. The number of carbonyl (C=O) groups excluding carboxylic acids is 1. The molecular formula is C26H24ClN3O2. The average Bonchev–Trinajstić information content (AvgIpc) is 2.79. The van der Waals surface area contributed by atoms with Crippen molar-refractivity contribution in [3.63, 3.8) is 0 Å². The first-order valence-electron chi connectivity index (χ1n) is 10.3. The van der Waals surface area contributed by atoms with Crippen molar-refractivity contribution >= 4 is 34.2 Å². The normalized spacial score (nSPS) is 10.9. The lowest BCUT2D eigenvalue weighted by atomic mass is 9.96. The van der Waals surface area contributed by atoms with Gasteiger partial charge in [0.25, 0.3) is 5.56 Å². The van der Waals surface area contributed by atoms with E-state index in [1.807, 2.05) is 74.5 Å². The van der Waals surface area contributed by atoms with Crippen LogP contribution in [0.25, 0.3) is 21.9 Å². The number of hydrogen-bond acceptors (Lipinski definition) is 2. The second-order valence-electron chi connectivity index (χ2n) is 7.83. The monoisotopic (exact) mass is 445 g/mol. The van der Waals surface area contributed by atoms with Crippen LogP contribution in [-0.2, 0) is 13.6 Å². The predicted molar refractivity (Wildman–Crippen MR) is 131 cm³/mol. The van der Waals surface area contributed by atoms with E-state index in [9.17, 15) is 9.59 Å². The first-order valence-corrected chi connectivity index (χ1v) is 10.7. The molecule has 0 fully saturated rings. The largest absolute Gasteiger partial charge is 0.334 e. The number of rotatable bonds is 4. The summed E-state index contributed by atoms with van der Waals surface area (Å²) in [6.07, 6.45) is 0. The molecule has 0 bridgehead atoms. The predicted octanol–water partition coefficient (Wildman–Crippen LogP) is 5.80. The Morgan fingerprint density at radius 1 is 0.938 bits per heavy atom. The number of aryl methyl sites for hydroxylation is 2. The quantitative estimate of drug-likeness (QED) is 0.417. The van der Waals surface area contributed by atoms with Crippen molar-refractivity contribution in [2.45, 2.75) is 20.4 Å². The topological polar surface area (TPSA) is 63.1 Å². The summed E-state index contributed by atoms with van der Waals surface area (Å²) in [5.74, 6) is 0.439. The third kappa shape index (κ3) is 4.12. The van der Waals surface area contributed by atoms with Gasteiger partial charge in [-0.3, -0.25) is 14.7 Å². The summed E-state index contributed by atoms with van der Waals surface area (Å²) in [6, 6.07) is 20.6. The number of fused-ring (bicyclic) bond motifs is 1. The highest BCUT2D eigenvalue weighted by Gasteiger charge is 2.19. The molecule has 0 radical (unpaired) electrons. The first kappa shape index (κ1) is 21.7. The van der Waals surface area contributed by atoms with Crippen molar-refractivity contribution in [3.8, 4) is 11.1 Å². The minimum Gasteiger partial charge on any atom is -0.334 e. The molecule has 5 nitrogen and oxygen atoms in total. The Kier molecular flexibility index (Phi) is 6.01. The Morgan fingerprint density at radius 2 is 1.56 bits per heavy atom. The summed E-state index contributed by atoms with van der Waals surface area (Å²) in [6.45, 7) is 4.28. The molecule has 0 spiro atoms. The molecule has 0 saturated carbocycles. The molecule has 0 atom stereocenters. The standard InChI is InChI=1S/C26H24ClN3O2/c1-16-13-20-21(14-17(16)2)25(31)30(3)24(23(20)18-9-5-4-6-10-18)29-26(32)28-15-19-11-7-8-12-22(19)27/h4-14H,15H2,1-3H3,(H2,28,29,32).